The van der Waals surface area contributed by atoms with Crippen molar-refractivity contribution in [1.82, 2.24) is 15.3 Å². The number of benzene rings is 1. The Morgan fingerprint density at radius 1 is 1.10 bits per heavy atom. The molecule has 0 spiro atoms. The molecule has 3 aromatic rings. The van der Waals surface area contributed by atoms with Crippen molar-refractivity contribution >= 4 is 22.6 Å². The normalized spacial score (nSPS) is 27.6. The van der Waals surface area contributed by atoms with Crippen molar-refractivity contribution in [1.29, 1.82) is 0 Å². The molecule has 30 heavy (non-hydrogen) atoms. The molecule has 3 heterocycles. The third-order valence-electron chi connectivity index (χ3n) is 7.01. The second-order valence-corrected chi connectivity index (χ2v) is 8.75. The topological polar surface area (TPSA) is 65.1 Å². The first-order valence-corrected chi connectivity index (χ1v) is 10.7. The molecule has 3 aliphatic carbocycles. The second-order valence-electron chi connectivity index (χ2n) is 8.75. The van der Waals surface area contributed by atoms with E-state index in [-0.39, 0.29) is 11.7 Å². The fraction of sp³-hybridized carbons (Fsp3) is 0.391. The largest absolute Gasteiger partial charge is 0.358 e. The van der Waals surface area contributed by atoms with Gasteiger partial charge >= 0.3 is 0 Å². The highest BCUT2D eigenvalue weighted by Gasteiger charge is 2.37. The van der Waals surface area contributed by atoms with Crippen LogP contribution in [0.4, 0.5) is 14.6 Å². The first-order chi connectivity index (χ1) is 14.7. The molecule has 2 atom stereocenters. The van der Waals surface area contributed by atoms with E-state index in [4.69, 9.17) is 4.99 Å². The number of aromatic nitrogens is 2. The van der Waals surface area contributed by atoms with Gasteiger partial charge in [0.2, 0.25) is 0 Å². The molecule has 7 rings (SSSR count). The average Bonchev–Trinajstić information content (AvgIpc) is 3.19. The van der Waals surface area contributed by atoms with Crippen molar-refractivity contribution in [2.24, 2.45) is 16.8 Å². The predicted octanol–water partition coefficient (Wildman–Crippen LogP) is 4.88. The number of amidine groups is 1. The van der Waals surface area contributed by atoms with Gasteiger partial charge in [0.25, 0.3) is 0 Å². The molecule has 154 valence electrons. The van der Waals surface area contributed by atoms with E-state index in [1.807, 2.05) is 12.1 Å². The summed E-state index contributed by atoms with van der Waals surface area (Å²) < 4.78 is 28.1. The van der Waals surface area contributed by atoms with E-state index in [0.29, 0.717) is 28.7 Å². The molecule has 3 N–H and O–H groups in total. The Labute approximate surface area is 173 Å². The number of halogens is 2. The zero-order valence-corrected chi connectivity index (χ0v) is 16.5. The number of fused-ring (bicyclic) bond motifs is 5. The zero-order chi connectivity index (χ0) is 20.2. The molecule has 3 saturated carbocycles. The molecular formula is C23H23F2N5. The average molecular weight is 407 g/mol. The van der Waals surface area contributed by atoms with Crippen molar-refractivity contribution in [2.45, 2.75) is 44.3 Å². The van der Waals surface area contributed by atoms with Gasteiger partial charge in [0.05, 0.1) is 5.52 Å². The van der Waals surface area contributed by atoms with Crippen LogP contribution >= 0.6 is 0 Å². The molecule has 2 aromatic heterocycles. The van der Waals surface area contributed by atoms with E-state index in [1.54, 1.807) is 12.4 Å². The number of aromatic amines is 1. The molecule has 0 saturated heterocycles. The van der Waals surface area contributed by atoms with Crippen LogP contribution in [0.2, 0.25) is 0 Å². The Morgan fingerprint density at radius 2 is 1.97 bits per heavy atom. The van der Waals surface area contributed by atoms with E-state index in [2.05, 4.69) is 20.6 Å². The van der Waals surface area contributed by atoms with Crippen molar-refractivity contribution < 1.29 is 8.78 Å². The molecular weight excluding hydrogens is 384 g/mol. The highest BCUT2D eigenvalue weighted by molar-refractivity contribution is 6.16. The van der Waals surface area contributed by atoms with E-state index < -0.39 is 11.6 Å². The SMILES string of the molecule is Fc1cc(F)c2[nH]cc(C3=NC(NC4CC5CCC4CC5)c4cccnc4N3)c2c1. The van der Waals surface area contributed by atoms with E-state index >= 15 is 0 Å². The van der Waals surface area contributed by atoms with Gasteiger partial charge in [-0.2, -0.15) is 0 Å². The fourth-order valence-corrected chi connectivity index (χ4v) is 5.49. The van der Waals surface area contributed by atoms with Crippen LogP contribution < -0.4 is 10.6 Å². The maximum Gasteiger partial charge on any atom is 0.150 e. The van der Waals surface area contributed by atoms with Gasteiger partial charge in [-0.05, 0) is 43.2 Å². The summed E-state index contributed by atoms with van der Waals surface area (Å²) in [6.45, 7) is 0. The minimum absolute atomic E-state index is 0.238. The maximum absolute atomic E-state index is 14.2. The van der Waals surface area contributed by atoms with Gasteiger partial charge in [0.15, 0.2) is 0 Å². The van der Waals surface area contributed by atoms with Crippen LogP contribution in [0, 0.1) is 23.5 Å². The number of hydrogen-bond donors (Lipinski definition) is 3. The van der Waals surface area contributed by atoms with Gasteiger partial charge in [-0.15, -0.1) is 0 Å². The van der Waals surface area contributed by atoms with E-state index in [1.165, 1.54) is 38.2 Å². The van der Waals surface area contributed by atoms with Gasteiger partial charge in [0.1, 0.15) is 29.5 Å². The van der Waals surface area contributed by atoms with Crippen LogP contribution in [0.25, 0.3) is 10.9 Å². The number of pyridine rings is 1. The first kappa shape index (κ1) is 18.0. The van der Waals surface area contributed by atoms with Crippen molar-refractivity contribution in [3.8, 4) is 0 Å². The predicted molar refractivity (Wildman–Crippen MR) is 112 cm³/mol. The smallest absolute Gasteiger partial charge is 0.150 e. The number of H-pyrrole nitrogens is 1. The van der Waals surface area contributed by atoms with Crippen molar-refractivity contribution in [2.75, 3.05) is 5.32 Å². The molecule has 7 heteroatoms. The lowest BCUT2D eigenvalue weighted by atomic mass is 9.68. The van der Waals surface area contributed by atoms with E-state index in [9.17, 15) is 8.78 Å². The molecule has 2 bridgehead atoms. The summed E-state index contributed by atoms with van der Waals surface area (Å²) in [5.41, 5.74) is 1.91. The van der Waals surface area contributed by atoms with Gasteiger partial charge in [-0.3, -0.25) is 5.32 Å². The summed E-state index contributed by atoms with van der Waals surface area (Å²) >= 11 is 0. The molecule has 3 fully saturated rings. The van der Waals surface area contributed by atoms with E-state index in [0.717, 1.165) is 23.4 Å². The number of hydrogen-bond acceptors (Lipinski definition) is 4. The summed E-state index contributed by atoms with van der Waals surface area (Å²) in [4.78, 5) is 12.4. The second kappa shape index (κ2) is 6.87. The number of nitrogens with one attached hydrogen (secondary N) is 3. The molecule has 0 amide bonds. The van der Waals surface area contributed by atoms with Crippen LogP contribution in [0.1, 0.15) is 49.4 Å². The van der Waals surface area contributed by atoms with Gasteiger partial charge in [-0.1, -0.05) is 18.9 Å². The standard InChI is InChI=1S/C23H23F2N5/c24-14-9-16-17(11-27-20(16)18(25)10-14)23-29-21-15(2-1-7-26-21)22(30-23)28-19-8-12-3-5-13(19)6-4-12/h1-2,7,9-13,19,22,27-28H,3-6,8H2,(H,26,29,30). The summed E-state index contributed by atoms with van der Waals surface area (Å²) in [6.07, 6.45) is 9.61. The number of rotatable bonds is 3. The van der Waals surface area contributed by atoms with Crippen LogP contribution in [-0.2, 0) is 0 Å². The summed E-state index contributed by atoms with van der Waals surface area (Å²) in [7, 11) is 0. The molecule has 5 nitrogen and oxygen atoms in total. The lowest BCUT2D eigenvalue weighted by Crippen LogP contribution is -2.46. The molecule has 1 aliphatic heterocycles. The fourth-order valence-electron chi connectivity index (χ4n) is 5.49. The lowest BCUT2D eigenvalue weighted by molar-refractivity contribution is 0.116. The first-order valence-electron chi connectivity index (χ1n) is 10.7. The number of anilines is 1. The molecule has 2 unspecified atom stereocenters. The minimum Gasteiger partial charge on any atom is -0.358 e. The Balaban J connectivity index is 1.40. The van der Waals surface area contributed by atoms with Gasteiger partial charge in [0, 0.05) is 41.0 Å². The molecule has 1 aromatic carbocycles. The van der Waals surface area contributed by atoms with Crippen LogP contribution in [0.5, 0.6) is 0 Å². The highest BCUT2D eigenvalue weighted by Crippen LogP contribution is 2.42. The molecule has 4 aliphatic rings. The minimum atomic E-state index is -0.612. The third-order valence-corrected chi connectivity index (χ3v) is 7.01. The zero-order valence-electron chi connectivity index (χ0n) is 16.5. The number of nitrogens with zero attached hydrogens (tertiary/aromatic N) is 2. The molecule has 0 radical (unpaired) electrons. The Bertz CT molecular complexity index is 1150. The third kappa shape index (κ3) is 2.91. The monoisotopic (exact) mass is 407 g/mol. The summed E-state index contributed by atoms with van der Waals surface area (Å²) in [6, 6.07) is 6.61. The Hall–Kier alpha value is -2.80. The lowest BCUT2D eigenvalue weighted by Gasteiger charge is -2.44. The van der Waals surface area contributed by atoms with Crippen LogP contribution in [-0.4, -0.2) is 21.8 Å². The van der Waals surface area contributed by atoms with Gasteiger partial charge in [-0.25, -0.2) is 18.8 Å². The van der Waals surface area contributed by atoms with Gasteiger partial charge < -0.3 is 10.3 Å². The number of aliphatic imine (C=N–C) groups is 1. The quantitative estimate of drug-likeness (QED) is 0.580. The van der Waals surface area contributed by atoms with Crippen LogP contribution in [0.15, 0.2) is 41.7 Å². The highest BCUT2D eigenvalue weighted by atomic mass is 19.1. The van der Waals surface area contributed by atoms with Crippen molar-refractivity contribution in [3.05, 3.63) is 59.4 Å². The summed E-state index contributed by atoms with van der Waals surface area (Å²) in [5, 5.41) is 7.51. The van der Waals surface area contributed by atoms with Crippen molar-refractivity contribution in [3.63, 3.8) is 0 Å². The summed E-state index contributed by atoms with van der Waals surface area (Å²) in [5.74, 6) is 1.58. The Kier molecular flexibility index (Phi) is 4.13. The maximum atomic E-state index is 14.2. The van der Waals surface area contributed by atoms with Crippen LogP contribution in [0.3, 0.4) is 0 Å². The Morgan fingerprint density at radius 3 is 2.77 bits per heavy atom.